The van der Waals surface area contributed by atoms with Crippen LogP contribution in [0.2, 0.25) is 0 Å². The number of hydrogen-bond donors (Lipinski definition) is 0. The molecule has 0 radical (unpaired) electrons. The van der Waals surface area contributed by atoms with E-state index in [2.05, 4.69) is 4.74 Å². The second-order valence-corrected chi connectivity index (χ2v) is 3.76. The summed E-state index contributed by atoms with van der Waals surface area (Å²) < 4.78 is 4.55. The van der Waals surface area contributed by atoms with E-state index in [0.29, 0.717) is 6.07 Å². The molecule has 11 heteroatoms. The van der Waals surface area contributed by atoms with Crippen LogP contribution in [-0.4, -0.2) is 27.3 Å². The van der Waals surface area contributed by atoms with E-state index in [1.807, 2.05) is 0 Å². The molecule has 112 valence electrons. The lowest BCUT2D eigenvalue weighted by molar-refractivity contribution is -0.404. The summed E-state index contributed by atoms with van der Waals surface area (Å²) in [6.07, 6.45) is 0. The van der Waals surface area contributed by atoms with Gasteiger partial charge < -0.3 is 4.74 Å². The molecule has 0 fully saturated rings. The lowest BCUT2D eigenvalue weighted by Gasteiger charge is -2.06. The largest absolute Gasteiger partial charge is 0.462 e. The van der Waals surface area contributed by atoms with Gasteiger partial charge in [0, 0.05) is 0 Å². The highest BCUT2D eigenvalue weighted by atomic mass is 16.6. The number of rotatable bonds is 5. The van der Waals surface area contributed by atoms with Crippen LogP contribution in [0.5, 0.6) is 0 Å². The van der Waals surface area contributed by atoms with Gasteiger partial charge in [-0.15, -0.1) is 0 Å². The smallest absolute Gasteiger partial charge is 0.352 e. The third kappa shape index (κ3) is 2.91. The molecule has 0 aliphatic rings. The lowest BCUT2D eigenvalue weighted by atomic mass is 10.0. The molecule has 0 saturated heterocycles. The first-order chi connectivity index (χ1) is 9.72. The Hall–Kier alpha value is -3.11. The number of nitrogens with zero attached hydrogens (tertiary/aromatic N) is 3. The van der Waals surface area contributed by atoms with Crippen LogP contribution in [0.15, 0.2) is 6.07 Å². The summed E-state index contributed by atoms with van der Waals surface area (Å²) in [7, 11) is 0. The molecule has 11 nitrogen and oxygen atoms in total. The monoisotopic (exact) mass is 299 g/mol. The highest BCUT2D eigenvalue weighted by Crippen LogP contribution is 2.38. The zero-order valence-electron chi connectivity index (χ0n) is 10.9. The Morgan fingerprint density at radius 1 is 1.10 bits per heavy atom. The molecule has 0 aromatic heterocycles. The van der Waals surface area contributed by atoms with Crippen LogP contribution in [0.4, 0.5) is 17.1 Å². The van der Waals surface area contributed by atoms with Crippen molar-refractivity contribution in [3.05, 3.63) is 47.5 Å². The molecule has 0 spiro atoms. The van der Waals surface area contributed by atoms with Crippen molar-refractivity contribution in [3.63, 3.8) is 0 Å². The molecular formula is C10H9N3O8. The fourth-order valence-corrected chi connectivity index (χ4v) is 1.71. The van der Waals surface area contributed by atoms with Crippen LogP contribution in [0.3, 0.4) is 0 Å². The summed E-state index contributed by atoms with van der Waals surface area (Å²) >= 11 is 0. The SMILES string of the molecule is CCOC(=O)c1c([N+](=O)[O-])cc([N+](=O)[O-])c(C)c1[N+](=O)[O-]. The van der Waals surface area contributed by atoms with Crippen molar-refractivity contribution in [2.24, 2.45) is 0 Å². The summed E-state index contributed by atoms with van der Waals surface area (Å²) in [6.45, 7) is 2.28. The molecule has 0 aliphatic carbocycles. The maximum Gasteiger partial charge on any atom is 0.352 e. The third-order valence-corrected chi connectivity index (χ3v) is 2.56. The van der Waals surface area contributed by atoms with E-state index in [9.17, 15) is 35.1 Å². The third-order valence-electron chi connectivity index (χ3n) is 2.56. The summed E-state index contributed by atoms with van der Waals surface area (Å²) in [6, 6.07) is 0.509. The van der Waals surface area contributed by atoms with Crippen molar-refractivity contribution in [1.82, 2.24) is 0 Å². The molecule has 1 aromatic carbocycles. The van der Waals surface area contributed by atoms with Gasteiger partial charge in [0.2, 0.25) is 5.56 Å². The van der Waals surface area contributed by atoms with Crippen LogP contribution in [0.25, 0.3) is 0 Å². The van der Waals surface area contributed by atoms with E-state index < -0.39 is 48.9 Å². The zero-order valence-corrected chi connectivity index (χ0v) is 10.9. The molecule has 1 aromatic rings. The number of carbonyl (C=O) groups is 1. The first-order valence-corrected chi connectivity index (χ1v) is 5.50. The van der Waals surface area contributed by atoms with Gasteiger partial charge in [-0.1, -0.05) is 0 Å². The van der Waals surface area contributed by atoms with E-state index >= 15 is 0 Å². The van der Waals surface area contributed by atoms with Crippen molar-refractivity contribution >= 4 is 23.0 Å². The van der Waals surface area contributed by atoms with Crippen molar-refractivity contribution in [3.8, 4) is 0 Å². The van der Waals surface area contributed by atoms with E-state index in [-0.39, 0.29) is 6.61 Å². The molecule has 1 rings (SSSR count). The topological polar surface area (TPSA) is 156 Å². The molecule has 0 N–H and O–H groups in total. The van der Waals surface area contributed by atoms with Gasteiger partial charge in [0.05, 0.1) is 27.4 Å². The Kier molecular flexibility index (Phi) is 4.48. The van der Waals surface area contributed by atoms with E-state index in [0.717, 1.165) is 6.92 Å². The van der Waals surface area contributed by atoms with Crippen molar-refractivity contribution in [2.45, 2.75) is 13.8 Å². The molecule has 0 saturated carbocycles. The summed E-state index contributed by atoms with van der Waals surface area (Å²) in [4.78, 5) is 41.4. The highest BCUT2D eigenvalue weighted by molar-refractivity contribution is 6.00. The molecule has 0 atom stereocenters. The Morgan fingerprint density at radius 3 is 2.00 bits per heavy atom. The molecular weight excluding hydrogens is 290 g/mol. The number of benzene rings is 1. The summed E-state index contributed by atoms with van der Waals surface area (Å²) in [5, 5.41) is 32.8. The van der Waals surface area contributed by atoms with Crippen LogP contribution in [0.1, 0.15) is 22.8 Å². The van der Waals surface area contributed by atoms with E-state index in [4.69, 9.17) is 0 Å². The average molecular weight is 299 g/mol. The molecule has 0 amide bonds. The van der Waals surface area contributed by atoms with E-state index in [1.165, 1.54) is 6.92 Å². The fraction of sp³-hybridized carbons (Fsp3) is 0.300. The minimum absolute atomic E-state index is 0.164. The predicted molar refractivity (Wildman–Crippen MR) is 67.1 cm³/mol. The minimum atomic E-state index is -1.28. The molecule has 21 heavy (non-hydrogen) atoms. The van der Waals surface area contributed by atoms with Crippen LogP contribution in [0, 0.1) is 37.3 Å². The Balaban J connectivity index is 3.85. The maximum atomic E-state index is 11.7. The Morgan fingerprint density at radius 2 is 1.62 bits per heavy atom. The number of ether oxygens (including phenoxy) is 1. The van der Waals surface area contributed by atoms with Gasteiger partial charge >= 0.3 is 11.7 Å². The standard InChI is InChI=1S/C10H9N3O8/c1-3-21-10(14)8-7(12(17)18)4-6(11(15)16)5(2)9(8)13(19)20/h4H,3H2,1-2H3. The van der Waals surface area contributed by atoms with Crippen LogP contribution in [-0.2, 0) is 4.74 Å². The minimum Gasteiger partial charge on any atom is -0.462 e. The summed E-state index contributed by atoms with van der Waals surface area (Å²) in [5.74, 6) is -1.28. The van der Waals surface area contributed by atoms with Gasteiger partial charge in [-0.25, -0.2) is 4.79 Å². The quantitative estimate of drug-likeness (QED) is 0.453. The number of nitro benzene ring substituents is 3. The van der Waals surface area contributed by atoms with Crippen molar-refractivity contribution in [1.29, 1.82) is 0 Å². The summed E-state index contributed by atoms with van der Waals surface area (Å²) in [5.41, 5.74) is -4.23. The highest BCUT2D eigenvalue weighted by Gasteiger charge is 2.38. The first-order valence-electron chi connectivity index (χ1n) is 5.50. The molecule has 0 heterocycles. The second kappa shape index (κ2) is 5.90. The van der Waals surface area contributed by atoms with Gasteiger partial charge in [-0.2, -0.15) is 0 Å². The van der Waals surface area contributed by atoms with Crippen molar-refractivity contribution < 1.29 is 24.3 Å². The van der Waals surface area contributed by atoms with Gasteiger partial charge in [0.25, 0.3) is 11.4 Å². The van der Waals surface area contributed by atoms with Crippen LogP contribution >= 0.6 is 0 Å². The number of carbonyl (C=O) groups excluding carboxylic acids is 1. The number of nitro groups is 3. The molecule has 0 aliphatic heterocycles. The second-order valence-electron chi connectivity index (χ2n) is 3.76. The number of esters is 1. The fourth-order valence-electron chi connectivity index (χ4n) is 1.71. The van der Waals surface area contributed by atoms with Gasteiger partial charge in [0.1, 0.15) is 5.56 Å². The van der Waals surface area contributed by atoms with Gasteiger partial charge in [-0.05, 0) is 13.8 Å². The predicted octanol–water partition coefficient (Wildman–Crippen LogP) is 1.90. The van der Waals surface area contributed by atoms with Gasteiger partial charge in [-0.3, -0.25) is 30.3 Å². The zero-order chi connectivity index (χ0) is 16.3. The molecule has 0 bridgehead atoms. The first kappa shape index (κ1) is 15.9. The average Bonchev–Trinajstić information content (AvgIpc) is 2.36. The lowest BCUT2D eigenvalue weighted by Crippen LogP contribution is -2.13. The maximum absolute atomic E-state index is 11.7. The Bertz CT molecular complexity index is 654. The van der Waals surface area contributed by atoms with Gasteiger partial charge in [0.15, 0.2) is 0 Å². The van der Waals surface area contributed by atoms with E-state index in [1.54, 1.807) is 0 Å². The normalized spacial score (nSPS) is 10.0. The Labute approximate surface area is 116 Å². The van der Waals surface area contributed by atoms with Crippen molar-refractivity contribution in [2.75, 3.05) is 6.61 Å². The van der Waals surface area contributed by atoms with Crippen LogP contribution < -0.4 is 0 Å². The number of hydrogen-bond acceptors (Lipinski definition) is 8. The molecule has 0 unspecified atom stereocenters.